The molecule has 15 heavy (non-hydrogen) atoms. The number of rotatable bonds is 4. The van der Waals surface area contributed by atoms with Gasteiger partial charge in [0.05, 0.1) is 33.7 Å². The lowest BCUT2D eigenvalue weighted by molar-refractivity contribution is -0.0673. The monoisotopic (exact) mass is 348 g/mol. The van der Waals surface area contributed by atoms with E-state index in [2.05, 4.69) is 22.6 Å². The molecule has 1 rings (SSSR count). The molecular weight excluding hydrogens is 331 g/mol. The number of ether oxygens (including phenoxy) is 2. The highest BCUT2D eigenvalue weighted by Crippen LogP contribution is 2.24. The van der Waals surface area contributed by atoms with Crippen molar-refractivity contribution < 1.29 is 17.9 Å². The van der Waals surface area contributed by atoms with Crippen molar-refractivity contribution >= 4 is 32.4 Å². The molecule has 0 aromatic carbocycles. The molecular formula is C9H17IO4S. The van der Waals surface area contributed by atoms with Crippen molar-refractivity contribution in [1.29, 1.82) is 0 Å². The van der Waals surface area contributed by atoms with Crippen LogP contribution in [0.4, 0.5) is 0 Å². The molecule has 4 nitrogen and oxygen atoms in total. The number of sulfone groups is 1. The highest BCUT2D eigenvalue weighted by molar-refractivity contribution is 14.1. The Hall–Kier alpha value is 0.600. The molecule has 0 bridgehead atoms. The lowest BCUT2D eigenvalue weighted by atomic mass is 10.1. The smallest absolute Gasteiger partial charge is 0.154 e. The summed E-state index contributed by atoms with van der Waals surface area (Å²) >= 11 is 2.14. The van der Waals surface area contributed by atoms with Gasteiger partial charge in [-0.3, -0.25) is 0 Å². The molecule has 0 amide bonds. The molecule has 1 aliphatic heterocycles. The Morgan fingerprint density at radius 2 is 2.00 bits per heavy atom. The molecule has 0 aliphatic carbocycles. The van der Waals surface area contributed by atoms with Crippen LogP contribution in [0.15, 0.2) is 0 Å². The zero-order valence-electron chi connectivity index (χ0n) is 9.20. The highest BCUT2D eigenvalue weighted by atomic mass is 127. The SMILES string of the molecule is COC(C)(C)COC1CS(=O)(=O)CC1I. The van der Waals surface area contributed by atoms with Gasteiger partial charge in [0.25, 0.3) is 0 Å². The molecule has 0 aromatic heterocycles. The topological polar surface area (TPSA) is 52.6 Å². The molecule has 0 N–H and O–H groups in total. The minimum Gasteiger partial charge on any atom is -0.376 e. The van der Waals surface area contributed by atoms with Crippen molar-refractivity contribution in [2.45, 2.75) is 29.5 Å². The van der Waals surface area contributed by atoms with Crippen molar-refractivity contribution in [3.8, 4) is 0 Å². The average Bonchev–Trinajstić information content (AvgIpc) is 2.36. The zero-order chi connectivity index (χ0) is 11.7. The predicted molar refractivity (Wildman–Crippen MR) is 67.3 cm³/mol. The van der Waals surface area contributed by atoms with Crippen LogP contribution in [-0.2, 0) is 19.3 Å². The maximum Gasteiger partial charge on any atom is 0.154 e. The van der Waals surface area contributed by atoms with Gasteiger partial charge in [0.1, 0.15) is 0 Å². The Bertz CT molecular complexity index is 312. The molecule has 0 saturated carbocycles. The maximum absolute atomic E-state index is 11.3. The van der Waals surface area contributed by atoms with Gasteiger partial charge in [-0.15, -0.1) is 0 Å². The number of methoxy groups -OCH3 is 1. The maximum atomic E-state index is 11.3. The van der Waals surface area contributed by atoms with E-state index in [9.17, 15) is 8.42 Å². The number of hydrogen-bond donors (Lipinski definition) is 0. The minimum absolute atomic E-state index is 0.0558. The van der Waals surface area contributed by atoms with E-state index in [1.807, 2.05) is 13.8 Å². The third kappa shape index (κ3) is 4.16. The van der Waals surface area contributed by atoms with E-state index in [1.54, 1.807) is 7.11 Å². The van der Waals surface area contributed by atoms with Crippen LogP contribution in [0.25, 0.3) is 0 Å². The molecule has 90 valence electrons. The first-order valence-corrected chi connectivity index (χ1v) is 7.84. The first kappa shape index (κ1) is 13.7. The van der Waals surface area contributed by atoms with Crippen LogP contribution < -0.4 is 0 Å². The van der Waals surface area contributed by atoms with Crippen LogP contribution in [0, 0.1) is 0 Å². The van der Waals surface area contributed by atoms with E-state index in [1.165, 1.54) is 0 Å². The molecule has 2 atom stereocenters. The van der Waals surface area contributed by atoms with Gasteiger partial charge in [-0.05, 0) is 13.8 Å². The average molecular weight is 348 g/mol. The van der Waals surface area contributed by atoms with Gasteiger partial charge in [-0.25, -0.2) is 8.42 Å². The molecule has 1 fully saturated rings. The van der Waals surface area contributed by atoms with E-state index in [4.69, 9.17) is 9.47 Å². The third-order valence-electron chi connectivity index (χ3n) is 2.43. The van der Waals surface area contributed by atoms with Crippen LogP contribution >= 0.6 is 22.6 Å². The summed E-state index contributed by atoms with van der Waals surface area (Å²) in [6.07, 6.45) is -0.190. The van der Waals surface area contributed by atoms with E-state index in [0.29, 0.717) is 6.61 Å². The Labute approximate surface area is 105 Å². The number of halogens is 1. The van der Waals surface area contributed by atoms with Gasteiger partial charge in [-0.2, -0.15) is 0 Å². The molecule has 0 spiro atoms. The molecule has 0 aromatic rings. The first-order valence-electron chi connectivity index (χ1n) is 4.77. The van der Waals surface area contributed by atoms with Gasteiger partial charge in [0.15, 0.2) is 9.84 Å². The Morgan fingerprint density at radius 1 is 1.40 bits per heavy atom. The second-order valence-corrected chi connectivity index (χ2v) is 8.16. The molecule has 6 heteroatoms. The number of alkyl halides is 1. The van der Waals surface area contributed by atoms with E-state index >= 15 is 0 Å². The van der Waals surface area contributed by atoms with Crippen LogP contribution in [0.1, 0.15) is 13.8 Å². The Morgan fingerprint density at radius 3 is 2.40 bits per heavy atom. The molecule has 1 heterocycles. The van der Waals surface area contributed by atoms with Gasteiger partial charge in [0.2, 0.25) is 0 Å². The lowest BCUT2D eigenvalue weighted by Gasteiger charge is -2.25. The second kappa shape index (κ2) is 4.85. The fourth-order valence-corrected chi connectivity index (χ4v) is 5.41. The zero-order valence-corrected chi connectivity index (χ0v) is 12.2. The van der Waals surface area contributed by atoms with Crippen molar-refractivity contribution in [2.75, 3.05) is 25.2 Å². The first-order chi connectivity index (χ1) is 6.76. The van der Waals surface area contributed by atoms with Crippen molar-refractivity contribution in [3.05, 3.63) is 0 Å². The predicted octanol–water partition coefficient (Wildman–Crippen LogP) is 1.03. The lowest BCUT2D eigenvalue weighted by Crippen LogP contribution is -2.34. The van der Waals surface area contributed by atoms with Gasteiger partial charge >= 0.3 is 0 Å². The summed E-state index contributed by atoms with van der Waals surface area (Å²) < 4.78 is 33.5. The molecule has 1 aliphatic rings. The summed E-state index contributed by atoms with van der Waals surface area (Å²) in [5.41, 5.74) is -0.358. The van der Waals surface area contributed by atoms with E-state index < -0.39 is 9.84 Å². The summed E-state index contributed by atoms with van der Waals surface area (Å²) in [5, 5.41) is 0. The highest BCUT2D eigenvalue weighted by Gasteiger charge is 2.37. The molecule has 0 radical (unpaired) electrons. The standard InChI is InChI=1S/C9H17IO4S/c1-9(2,13-3)6-14-8-5-15(11,12)4-7(8)10/h7-8H,4-6H2,1-3H3. The van der Waals surface area contributed by atoms with Crippen LogP contribution in [-0.4, -0.2) is 49.3 Å². The summed E-state index contributed by atoms with van der Waals surface area (Å²) in [7, 11) is -1.27. The normalized spacial score (nSPS) is 30.7. The van der Waals surface area contributed by atoms with Crippen LogP contribution in [0.5, 0.6) is 0 Å². The third-order valence-corrected chi connectivity index (χ3v) is 5.98. The largest absolute Gasteiger partial charge is 0.376 e. The molecule has 1 saturated heterocycles. The summed E-state index contributed by atoms with van der Waals surface area (Å²) in [5.74, 6) is 0.367. The van der Waals surface area contributed by atoms with Crippen LogP contribution in [0.2, 0.25) is 0 Å². The van der Waals surface area contributed by atoms with Crippen molar-refractivity contribution in [2.24, 2.45) is 0 Å². The van der Waals surface area contributed by atoms with Crippen molar-refractivity contribution in [1.82, 2.24) is 0 Å². The van der Waals surface area contributed by atoms with Crippen molar-refractivity contribution in [3.63, 3.8) is 0 Å². The Kier molecular flexibility index (Phi) is 4.42. The van der Waals surface area contributed by atoms with E-state index in [-0.39, 0.29) is 27.1 Å². The summed E-state index contributed by atoms with van der Waals surface area (Å²) in [6.45, 7) is 4.25. The summed E-state index contributed by atoms with van der Waals surface area (Å²) in [6, 6.07) is 0. The fraction of sp³-hybridized carbons (Fsp3) is 1.00. The minimum atomic E-state index is -2.89. The van der Waals surface area contributed by atoms with Crippen LogP contribution in [0.3, 0.4) is 0 Å². The summed E-state index contributed by atoms with van der Waals surface area (Å²) in [4.78, 5) is 0. The fourth-order valence-electron chi connectivity index (χ4n) is 1.29. The second-order valence-electron chi connectivity index (χ2n) is 4.41. The van der Waals surface area contributed by atoms with Gasteiger partial charge in [0, 0.05) is 7.11 Å². The number of hydrogen-bond acceptors (Lipinski definition) is 4. The molecule has 2 unspecified atom stereocenters. The Balaban J connectivity index is 2.48. The van der Waals surface area contributed by atoms with E-state index in [0.717, 1.165) is 0 Å². The van der Waals surface area contributed by atoms with Gasteiger partial charge in [-0.1, -0.05) is 22.6 Å². The van der Waals surface area contributed by atoms with Gasteiger partial charge < -0.3 is 9.47 Å². The quantitative estimate of drug-likeness (QED) is 0.563.